The molecule has 0 fully saturated rings. The molecule has 1 aromatic rings. The van der Waals surface area contributed by atoms with Crippen molar-refractivity contribution in [3.8, 4) is 0 Å². The number of thioether (sulfide) groups is 1. The topological polar surface area (TPSA) is 73.2 Å². The fraction of sp³-hybridized carbons (Fsp3) is 0.417. The van der Waals surface area contributed by atoms with Crippen molar-refractivity contribution in [2.75, 3.05) is 0 Å². The number of allylic oxidation sites excluding steroid dienone is 3. The van der Waals surface area contributed by atoms with Gasteiger partial charge in [-0.1, -0.05) is 62.0 Å². The highest BCUT2D eigenvalue weighted by Gasteiger charge is 2.17. The Bertz CT molecular complexity index is 795. The van der Waals surface area contributed by atoms with Crippen molar-refractivity contribution in [1.82, 2.24) is 5.32 Å². The van der Waals surface area contributed by atoms with Crippen LogP contribution >= 0.6 is 11.8 Å². The second-order valence-electron chi connectivity index (χ2n) is 7.26. The Labute approximate surface area is 180 Å². The molecule has 0 saturated heterocycles. The van der Waals surface area contributed by atoms with Crippen molar-refractivity contribution in [1.29, 1.82) is 5.41 Å². The van der Waals surface area contributed by atoms with Crippen molar-refractivity contribution in [3.63, 3.8) is 0 Å². The molecule has 0 heterocycles. The number of hydrogen-bond donors (Lipinski definition) is 3. The van der Waals surface area contributed by atoms with Gasteiger partial charge in [0.2, 0.25) is 5.91 Å². The van der Waals surface area contributed by atoms with Crippen LogP contribution in [-0.4, -0.2) is 17.2 Å². The molecule has 3 N–H and O–H groups in total. The van der Waals surface area contributed by atoms with Crippen LogP contribution in [0.3, 0.4) is 0 Å². The summed E-state index contributed by atoms with van der Waals surface area (Å²) in [5.41, 5.74) is 2.91. The molecule has 0 radical (unpaired) electrons. The van der Waals surface area contributed by atoms with Gasteiger partial charge in [-0.25, -0.2) is 0 Å². The van der Waals surface area contributed by atoms with Crippen LogP contribution in [0.1, 0.15) is 66.5 Å². The van der Waals surface area contributed by atoms with Crippen LogP contribution in [0, 0.1) is 5.41 Å². The molecule has 160 valence electrons. The van der Waals surface area contributed by atoms with E-state index in [1.165, 1.54) is 18.0 Å². The average molecular weight is 417 g/mol. The summed E-state index contributed by atoms with van der Waals surface area (Å²) >= 11 is 1.47. The molecule has 1 aromatic carbocycles. The predicted molar refractivity (Wildman–Crippen MR) is 127 cm³/mol. The van der Waals surface area contributed by atoms with Crippen LogP contribution < -0.4 is 5.32 Å². The first-order chi connectivity index (χ1) is 13.5. The van der Waals surface area contributed by atoms with Gasteiger partial charge in [-0.3, -0.25) is 4.79 Å². The van der Waals surface area contributed by atoms with Gasteiger partial charge in [-0.05, 0) is 57.6 Å². The molecule has 0 aliphatic rings. The van der Waals surface area contributed by atoms with Crippen LogP contribution in [-0.2, 0) is 16.9 Å². The molecule has 0 aliphatic heterocycles. The third-order valence-corrected chi connectivity index (χ3v) is 5.13. The van der Waals surface area contributed by atoms with Gasteiger partial charge in [-0.15, -0.1) is 0 Å². The number of carbonyl (C=O) groups excluding carboxylic acids is 1. The Morgan fingerprint density at radius 3 is 2.28 bits per heavy atom. The minimum Gasteiger partial charge on any atom is -0.386 e. The van der Waals surface area contributed by atoms with Gasteiger partial charge in [0.1, 0.15) is 0 Å². The van der Waals surface area contributed by atoms with Gasteiger partial charge in [0.15, 0.2) is 0 Å². The third kappa shape index (κ3) is 8.84. The molecule has 4 nitrogen and oxygen atoms in total. The monoisotopic (exact) mass is 416 g/mol. The Balaban J connectivity index is 0.00000379. The predicted octanol–water partition coefficient (Wildman–Crippen LogP) is 6.08. The molecule has 1 rings (SSSR count). The summed E-state index contributed by atoms with van der Waals surface area (Å²) in [4.78, 5) is 14.4. The Kier molecular flexibility index (Phi) is 11.5. The summed E-state index contributed by atoms with van der Waals surface area (Å²) < 4.78 is 0. The molecule has 1 amide bonds. The van der Waals surface area contributed by atoms with E-state index in [0.29, 0.717) is 17.7 Å². The van der Waals surface area contributed by atoms with Crippen LogP contribution in [0.5, 0.6) is 0 Å². The van der Waals surface area contributed by atoms with Crippen molar-refractivity contribution in [3.05, 3.63) is 68.5 Å². The molecular formula is C24H36N2O2S. The van der Waals surface area contributed by atoms with Gasteiger partial charge < -0.3 is 15.8 Å². The number of rotatable bonds is 8. The largest absolute Gasteiger partial charge is 0.386 e. The molecule has 0 saturated carbocycles. The highest BCUT2D eigenvalue weighted by molar-refractivity contribution is 8.07. The number of aliphatic hydroxyl groups is 1. The molecule has 0 aliphatic carbocycles. The summed E-state index contributed by atoms with van der Waals surface area (Å²) in [6, 6.07) is 7.52. The first-order valence-electron chi connectivity index (χ1n) is 9.80. The summed E-state index contributed by atoms with van der Waals surface area (Å²) in [5.74, 6) is -0.219. The summed E-state index contributed by atoms with van der Waals surface area (Å²) in [6.07, 6.45) is 1.22. The smallest absolute Gasteiger partial charge is 0.247 e. The van der Waals surface area contributed by atoms with E-state index < -0.39 is 5.60 Å². The minimum atomic E-state index is -0.929. The molecule has 29 heavy (non-hydrogen) atoms. The van der Waals surface area contributed by atoms with Gasteiger partial charge in [0.05, 0.1) is 5.60 Å². The number of benzene rings is 1. The lowest BCUT2D eigenvalue weighted by molar-refractivity contribution is -0.117. The van der Waals surface area contributed by atoms with E-state index >= 15 is 0 Å². The van der Waals surface area contributed by atoms with Gasteiger partial charge >= 0.3 is 0 Å². The second-order valence-corrected chi connectivity index (χ2v) is 8.57. The van der Waals surface area contributed by atoms with E-state index in [2.05, 4.69) is 11.9 Å². The molecule has 0 unspecified atom stereocenters. The summed E-state index contributed by atoms with van der Waals surface area (Å²) in [5, 5.41) is 20.8. The fourth-order valence-electron chi connectivity index (χ4n) is 2.44. The van der Waals surface area contributed by atoms with E-state index in [1.54, 1.807) is 20.8 Å². The zero-order valence-corrected chi connectivity index (χ0v) is 19.9. The molecule has 0 bridgehead atoms. The summed E-state index contributed by atoms with van der Waals surface area (Å²) in [6.45, 7) is 19.3. The average Bonchev–Trinajstić information content (AvgIpc) is 2.66. The second kappa shape index (κ2) is 12.5. The molecule has 0 aromatic heterocycles. The molecule has 0 spiro atoms. The highest BCUT2D eigenvalue weighted by atomic mass is 32.2. The lowest BCUT2D eigenvalue weighted by Gasteiger charge is -2.19. The number of nitrogens with one attached hydrogen (secondary N) is 2. The van der Waals surface area contributed by atoms with Crippen molar-refractivity contribution in [2.24, 2.45) is 0 Å². The molecule has 5 heteroatoms. The van der Waals surface area contributed by atoms with Gasteiger partial charge in [0.25, 0.3) is 0 Å². The van der Waals surface area contributed by atoms with Gasteiger partial charge in [-0.2, -0.15) is 0 Å². The van der Waals surface area contributed by atoms with E-state index in [-0.39, 0.29) is 5.91 Å². The Morgan fingerprint density at radius 2 is 1.83 bits per heavy atom. The zero-order chi connectivity index (χ0) is 22.8. The van der Waals surface area contributed by atoms with Crippen molar-refractivity contribution in [2.45, 2.75) is 67.5 Å². The van der Waals surface area contributed by atoms with E-state index in [9.17, 15) is 9.90 Å². The van der Waals surface area contributed by atoms with Crippen molar-refractivity contribution >= 4 is 23.9 Å². The third-order valence-electron chi connectivity index (χ3n) is 3.95. The molecule has 0 atom stereocenters. The summed E-state index contributed by atoms with van der Waals surface area (Å²) in [7, 11) is 0. The quantitative estimate of drug-likeness (QED) is 0.273. The van der Waals surface area contributed by atoms with Crippen LogP contribution in [0.25, 0.3) is 0 Å². The van der Waals surface area contributed by atoms with E-state index in [4.69, 9.17) is 5.41 Å². The van der Waals surface area contributed by atoms with Crippen molar-refractivity contribution < 1.29 is 9.90 Å². The highest BCUT2D eigenvalue weighted by Crippen LogP contribution is 2.33. The van der Waals surface area contributed by atoms with Crippen LogP contribution in [0.2, 0.25) is 0 Å². The van der Waals surface area contributed by atoms with E-state index in [1.807, 2.05) is 58.9 Å². The maximum atomic E-state index is 12.6. The first-order valence-corrected chi connectivity index (χ1v) is 10.6. The van der Waals surface area contributed by atoms with Gasteiger partial charge in [0, 0.05) is 28.8 Å². The molecular weight excluding hydrogens is 380 g/mol. The lowest BCUT2D eigenvalue weighted by atomic mass is 9.96. The fourth-order valence-corrected chi connectivity index (χ4v) is 3.32. The van der Waals surface area contributed by atoms with Crippen LogP contribution in [0.15, 0.2) is 57.4 Å². The van der Waals surface area contributed by atoms with Crippen LogP contribution in [0.4, 0.5) is 0 Å². The lowest BCUT2D eigenvalue weighted by Crippen LogP contribution is -2.25. The number of amides is 1. The van der Waals surface area contributed by atoms with E-state index in [0.717, 1.165) is 26.5 Å². The minimum absolute atomic E-state index is 0.219. The standard InChI is InChI=1S/C22H30N2O2S.C2H6/c1-14(2)20(27-15(3)4)19(12-23)16(5)21(25)24-13-17-9-8-10-18(11-17)22(6,7)26;1-2/h8-12,23,26H,3,13H2,1-2,4-7H3,(H,24,25);1-2H3/b19-16+,23-12?;. The number of hydrogen-bond acceptors (Lipinski definition) is 4. The zero-order valence-electron chi connectivity index (χ0n) is 19.1. The maximum Gasteiger partial charge on any atom is 0.247 e. The first kappa shape index (κ1) is 26.9. The normalized spacial score (nSPS) is 11.5. The number of carbonyl (C=O) groups is 1. The maximum absolute atomic E-state index is 12.6. The Hall–Kier alpha value is -2.11. The Morgan fingerprint density at radius 1 is 1.24 bits per heavy atom. The SMILES string of the molecule is C=C(C)SC(=C(C)C)/C(C=N)=C(\C)C(=O)NCc1cccc(C(C)(C)O)c1.CC.